The van der Waals surface area contributed by atoms with Crippen LogP contribution in [-0.2, 0) is 0 Å². The highest BCUT2D eigenvalue weighted by Gasteiger charge is 2.28. The Morgan fingerprint density at radius 2 is 2.00 bits per heavy atom. The van der Waals surface area contributed by atoms with Crippen molar-refractivity contribution in [2.24, 2.45) is 5.92 Å². The zero-order valence-electron chi connectivity index (χ0n) is 13.0. The van der Waals surface area contributed by atoms with E-state index < -0.39 is 0 Å². The first kappa shape index (κ1) is 15.4. The van der Waals surface area contributed by atoms with Crippen molar-refractivity contribution in [1.29, 1.82) is 0 Å². The molecular weight excluding hydrogens is 270 g/mol. The van der Waals surface area contributed by atoms with Crippen molar-refractivity contribution in [3.63, 3.8) is 0 Å². The van der Waals surface area contributed by atoms with E-state index in [4.69, 9.17) is 9.26 Å². The summed E-state index contributed by atoms with van der Waals surface area (Å²) in [5, 5.41) is 7.26. The summed E-state index contributed by atoms with van der Waals surface area (Å²) in [5.74, 6) is 2.04. The molecule has 2 heterocycles. The monoisotopic (exact) mass is 291 g/mol. The van der Waals surface area contributed by atoms with E-state index in [-0.39, 0.29) is 12.0 Å². The summed E-state index contributed by atoms with van der Waals surface area (Å²) in [7, 11) is 3.48. The molecule has 0 aliphatic heterocycles. The van der Waals surface area contributed by atoms with E-state index in [1.54, 1.807) is 13.2 Å². The van der Waals surface area contributed by atoms with Gasteiger partial charge < -0.3 is 14.6 Å². The molecule has 2 aromatic heterocycles. The number of rotatable bonds is 6. The normalized spacial score (nSPS) is 14.2. The number of likely N-dealkylation sites (N-methyl/N-ethyl adjacent to an activating group) is 1. The van der Waals surface area contributed by atoms with Crippen molar-refractivity contribution in [3.05, 3.63) is 18.3 Å². The Hall–Kier alpha value is -2.02. The fourth-order valence-electron chi connectivity index (χ4n) is 2.30. The average molecular weight is 291 g/mol. The molecule has 2 rings (SSSR count). The van der Waals surface area contributed by atoms with Crippen LogP contribution >= 0.6 is 0 Å². The van der Waals surface area contributed by atoms with E-state index in [0.717, 1.165) is 0 Å². The molecule has 7 nitrogen and oxygen atoms in total. The van der Waals surface area contributed by atoms with Crippen molar-refractivity contribution in [1.82, 2.24) is 25.4 Å². The minimum absolute atomic E-state index is 0.139. The Labute approximate surface area is 124 Å². The third-order valence-corrected chi connectivity index (χ3v) is 3.52. The van der Waals surface area contributed by atoms with E-state index in [2.05, 4.69) is 46.2 Å². The number of nitrogens with one attached hydrogen (secondary N) is 1. The molecule has 2 unspecified atom stereocenters. The van der Waals surface area contributed by atoms with Crippen molar-refractivity contribution in [2.45, 2.75) is 32.7 Å². The van der Waals surface area contributed by atoms with Crippen LogP contribution in [0.25, 0.3) is 11.5 Å². The van der Waals surface area contributed by atoms with E-state index in [0.29, 0.717) is 29.2 Å². The third-order valence-electron chi connectivity index (χ3n) is 3.52. The van der Waals surface area contributed by atoms with Crippen molar-refractivity contribution >= 4 is 0 Å². The van der Waals surface area contributed by atoms with Gasteiger partial charge in [0, 0.05) is 12.1 Å². The van der Waals surface area contributed by atoms with Gasteiger partial charge in [-0.1, -0.05) is 19.0 Å². The summed E-state index contributed by atoms with van der Waals surface area (Å²) >= 11 is 0. The lowest BCUT2D eigenvalue weighted by atomic mass is 9.89. The van der Waals surface area contributed by atoms with Gasteiger partial charge in [-0.05, 0) is 19.9 Å². The molecule has 0 amide bonds. The highest BCUT2D eigenvalue weighted by Crippen LogP contribution is 2.28. The smallest absolute Gasteiger partial charge is 0.231 e. The maximum atomic E-state index is 5.44. The lowest BCUT2D eigenvalue weighted by molar-refractivity contribution is 0.286. The van der Waals surface area contributed by atoms with Gasteiger partial charge in [0.05, 0.1) is 13.0 Å². The number of methoxy groups -OCH3 is 1. The van der Waals surface area contributed by atoms with Gasteiger partial charge in [0.1, 0.15) is 12.0 Å². The molecule has 0 aliphatic rings. The SMILES string of the molecule is CNC(C)C(c1nc(-c2cc(OC)ncn2)no1)C(C)C. The molecule has 1 N–H and O–H groups in total. The van der Waals surface area contributed by atoms with Crippen molar-refractivity contribution in [2.75, 3.05) is 14.2 Å². The lowest BCUT2D eigenvalue weighted by Crippen LogP contribution is -2.32. The maximum absolute atomic E-state index is 5.44. The molecule has 114 valence electrons. The Balaban J connectivity index is 2.31. The molecule has 0 aromatic carbocycles. The second kappa shape index (κ2) is 6.62. The van der Waals surface area contributed by atoms with Crippen LogP contribution in [0.2, 0.25) is 0 Å². The molecular formula is C14H21N5O2. The number of nitrogens with zero attached hydrogens (tertiary/aromatic N) is 4. The van der Waals surface area contributed by atoms with Gasteiger partial charge >= 0.3 is 0 Å². The van der Waals surface area contributed by atoms with Crippen LogP contribution in [0.4, 0.5) is 0 Å². The molecule has 2 aromatic rings. The number of hydrogen-bond donors (Lipinski definition) is 1. The zero-order chi connectivity index (χ0) is 15.4. The van der Waals surface area contributed by atoms with Gasteiger partial charge in [-0.2, -0.15) is 4.98 Å². The fraction of sp³-hybridized carbons (Fsp3) is 0.571. The van der Waals surface area contributed by atoms with E-state index in [1.807, 2.05) is 7.05 Å². The van der Waals surface area contributed by atoms with Crippen LogP contribution in [0.15, 0.2) is 16.9 Å². The van der Waals surface area contributed by atoms with Gasteiger partial charge in [0.25, 0.3) is 0 Å². The number of hydrogen-bond acceptors (Lipinski definition) is 7. The van der Waals surface area contributed by atoms with E-state index >= 15 is 0 Å². The quantitative estimate of drug-likeness (QED) is 0.869. The largest absolute Gasteiger partial charge is 0.481 e. The fourth-order valence-corrected chi connectivity index (χ4v) is 2.30. The standard InChI is InChI=1S/C14H21N5O2/c1-8(2)12(9(3)15-4)14-18-13(19-21-14)10-6-11(20-5)17-7-16-10/h6-9,12,15H,1-5H3. The highest BCUT2D eigenvalue weighted by atomic mass is 16.5. The average Bonchev–Trinajstić information content (AvgIpc) is 2.96. The summed E-state index contributed by atoms with van der Waals surface area (Å²) < 4.78 is 10.5. The summed E-state index contributed by atoms with van der Waals surface area (Å²) in [6.07, 6.45) is 1.42. The molecule has 7 heteroatoms. The van der Waals surface area contributed by atoms with Gasteiger partial charge in [-0.3, -0.25) is 0 Å². The summed E-state index contributed by atoms with van der Waals surface area (Å²) in [6.45, 7) is 6.37. The van der Waals surface area contributed by atoms with Gasteiger partial charge in [0.15, 0.2) is 0 Å². The minimum atomic E-state index is 0.139. The molecule has 2 atom stereocenters. The maximum Gasteiger partial charge on any atom is 0.231 e. The third kappa shape index (κ3) is 3.36. The summed E-state index contributed by atoms with van der Waals surface area (Å²) in [5.41, 5.74) is 0.580. The number of aromatic nitrogens is 4. The highest BCUT2D eigenvalue weighted by molar-refractivity contribution is 5.49. The second-order valence-corrected chi connectivity index (χ2v) is 5.25. The van der Waals surface area contributed by atoms with Crippen LogP contribution < -0.4 is 10.1 Å². The Morgan fingerprint density at radius 1 is 1.24 bits per heavy atom. The Morgan fingerprint density at radius 3 is 2.62 bits per heavy atom. The molecule has 0 radical (unpaired) electrons. The predicted octanol–water partition coefficient (Wildman–Crippen LogP) is 1.88. The minimum Gasteiger partial charge on any atom is -0.481 e. The molecule has 0 saturated carbocycles. The molecule has 0 saturated heterocycles. The second-order valence-electron chi connectivity index (χ2n) is 5.25. The summed E-state index contributed by atoms with van der Waals surface area (Å²) in [6, 6.07) is 1.92. The predicted molar refractivity (Wildman–Crippen MR) is 78.0 cm³/mol. The topological polar surface area (TPSA) is 86.0 Å². The Bertz CT molecular complexity index is 584. The molecule has 0 spiro atoms. The lowest BCUT2D eigenvalue weighted by Gasteiger charge is -2.23. The van der Waals surface area contributed by atoms with Gasteiger partial charge in [0.2, 0.25) is 17.6 Å². The summed E-state index contributed by atoms with van der Waals surface area (Å²) in [4.78, 5) is 12.6. The van der Waals surface area contributed by atoms with Crippen LogP contribution in [0.3, 0.4) is 0 Å². The van der Waals surface area contributed by atoms with Crippen LogP contribution in [0.1, 0.15) is 32.6 Å². The first-order valence-corrected chi connectivity index (χ1v) is 6.94. The molecule has 21 heavy (non-hydrogen) atoms. The molecule has 0 fully saturated rings. The van der Waals surface area contributed by atoms with Gasteiger partial charge in [-0.25, -0.2) is 9.97 Å². The van der Waals surface area contributed by atoms with E-state index in [9.17, 15) is 0 Å². The van der Waals surface area contributed by atoms with Gasteiger partial charge in [-0.15, -0.1) is 0 Å². The van der Waals surface area contributed by atoms with E-state index in [1.165, 1.54) is 6.33 Å². The van der Waals surface area contributed by atoms with Crippen LogP contribution in [0.5, 0.6) is 5.88 Å². The Kier molecular flexibility index (Phi) is 4.85. The first-order chi connectivity index (χ1) is 10.1. The first-order valence-electron chi connectivity index (χ1n) is 6.94. The molecule has 0 bridgehead atoms. The number of ether oxygens (including phenoxy) is 1. The van der Waals surface area contributed by atoms with Crippen LogP contribution in [0, 0.1) is 5.92 Å². The van der Waals surface area contributed by atoms with Crippen molar-refractivity contribution < 1.29 is 9.26 Å². The van der Waals surface area contributed by atoms with Crippen molar-refractivity contribution in [3.8, 4) is 17.4 Å². The zero-order valence-corrected chi connectivity index (χ0v) is 13.0. The van der Waals surface area contributed by atoms with Crippen LogP contribution in [-0.4, -0.2) is 40.3 Å². The molecule has 0 aliphatic carbocycles.